The first-order valence-electron chi connectivity index (χ1n) is 5.58. The van der Waals surface area contributed by atoms with Gasteiger partial charge in [0.05, 0.1) is 11.0 Å². The summed E-state index contributed by atoms with van der Waals surface area (Å²) in [5, 5.41) is 3.31. The fourth-order valence-electron chi connectivity index (χ4n) is 1.93. The van der Waals surface area contributed by atoms with Crippen LogP contribution >= 0.6 is 0 Å². The van der Waals surface area contributed by atoms with E-state index in [1.54, 1.807) is 25.3 Å². The van der Waals surface area contributed by atoms with E-state index in [0.717, 1.165) is 18.5 Å². The lowest BCUT2D eigenvalue weighted by molar-refractivity contribution is 0.0328. The van der Waals surface area contributed by atoms with Crippen molar-refractivity contribution in [3.8, 4) is 0 Å². The Balaban J connectivity index is 2.03. The molecule has 4 nitrogen and oxygen atoms in total. The summed E-state index contributed by atoms with van der Waals surface area (Å²) in [7, 11) is -1.42. The standard InChI is InChI=1S/C12H17NO3S/c1-16-11-6-10(7-11)13-9-4-3-5-12(8-9)17(2,14)15/h3-5,8,10-11,13H,6-7H2,1-2H3. The van der Waals surface area contributed by atoms with Crippen LogP contribution in [-0.4, -0.2) is 33.9 Å². The molecule has 0 aromatic heterocycles. The third kappa shape index (κ3) is 2.98. The molecule has 1 aliphatic rings. The zero-order valence-corrected chi connectivity index (χ0v) is 10.8. The molecule has 94 valence electrons. The number of hydrogen-bond acceptors (Lipinski definition) is 4. The van der Waals surface area contributed by atoms with Crippen molar-refractivity contribution in [1.82, 2.24) is 0 Å². The van der Waals surface area contributed by atoms with Gasteiger partial charge in [0.2, 0.25) is 0 Å². The van der Waals surface area contributed by atoms with Gasteiger partial charge >= 0.3 is 0 Å². The summed E-state index contributed by atoms with van der Waals surface area (Å²) in [4.78, 5) is 0.352. The predicted molar refractivity (Wildman–Crippen MR) is 67.0 cm³/mol. The van der Waals surface area contributed by atoms with E-state index in [1.807, 2.05) is 6.07 Å². The molecule has 1 saturated carbocycles. The number of anilines is 1. The topological polar surface area (TPSA) is 55.4 Å². The van der Waals surface area contributed by atoms with Gasteiger partial charge in [-0.1, -0.05) is 6.07 Å². The van der Waals surface area contributed by atoms with Gasteiger partial charge in [0.25, 0.3) is 0 Å². The fraction of sp³-hybridized carbons (Fsp3) is 0.500. The van der Waals surface area contributed by atoms with Crippen LogP contribution in [0.5, 0.6) is 0 Å². The quantitative estimate of drug-likeness (QED) is 0.889. The predicted octanol–water partition coefficient (Wildman–Crippen LogP) is 1.68. The molecular weight excluding hydrogens is 238 g/mol. The minimum Gasteiger partial charge on any atom is -0.382 e. The van der Waals surface area contributed by atoms with Gasteiger partial charge in [-0.3, -0.25) is 0 Å². The third-order valence-corrected chi connectivity index (χ3v) is 4.17. The van der Waals surface area contributed by atoms with Gasteiger partial charge in [0, 0.05) is 25.1 Å². The second kappa shape index (κ2) is 4.66. The number of hydrogen-bond donors (Lipinski definition) is 1. The molecule has 5 heteroatoms. The van der Waals surface area contributed by atoms with E-state index in [0.29, 0.717) is 17.0 Å². The molecule has 0 saturated heterocycles. The minimum atomic E-state index is -3.13. The van der Waals surface area contributed by atoms with Crippen LogP contribution in [0.25, 0.3) is 0 Å². The highest BCUT2D eigenvalue weighted by Crippen LogP contribution is 2.27. The molecule has 0 atom stereocenters. The molecule has 1 aliphatic carbocycles. The lowest BCUT2D eigenvalue weighted by Crippen LogP contribution is -2.40. The first-order chi connectivity index (χ1) is 7.99. The van der Waals surface area contributed by atoms with Crippen LogP contribution in [0, 0.1) is 0 Å². The van der Waals surface area contributed by atoms with Crippen LogP contribution < -0.4 is 5.32 Å². The van der Waals surface area contributed by atoms with Gasteiger partial charge in [-0.05, 0) is 31.0 Å². The Bertz CT molecular complexity index is 492. The van der Waals surface area contributed by atoms with E-state index < -0.39 is 9.84 Å². The average Bonchev–Trinajstić information content (AvgIpc) is 2.22. The Labute approximate surface area is 102 Å². The zero-order chi connectivity index (χ0) is 12.5. The normalized spacial score (nSPS) is 24.1. The summed E-state index contributed by atoms with van der Waals surface area (Å²) in [6, 6.07) is 7.31. The highest BCUT2D eigenvalue weighted by atomic mass is 32.2. The van der Waals surface area contributed by atoms with Crippen molar-refractivity contribution in [2.75, 3.05) is 18.7 Å². The van der Waals surface area contributed by atoms with Crippen molar-refractivity contribution < 1.29 is 13.2 Å². The first kappa shape index (κ1) is 12.4. The maximum atomic E-state index is 11.4. The van der Waals surface area contributed by atoms with Gasteiger partial charge in [-0.15, -0.1) is 0 Å². The van der Waals surface area contributed by atoms with Gasteiger partial charge in [0.1, 0.15) is 0 Å². The van der Waals surface area contributed by atoms with Crippen LogP contribution in [0.2, 0.25) is 0 Å². The fourth-order valence-corrected chi connectivity index (χ4v) is 2.59. The third-order valence-electron chi connectivity index (χ3n) is 3.06. The average molecular weight is 255 g/mol. The van der Waals surface area contributed by atoms with Crippen molar-refractivity contribution in [3.05, 3.63) is 24.3 Å². The van der Waals surface area contributed by atoms with Crippen molar-refractivity contribution in [1.29, 1.82) is 0 Å². The monoisotopic (exact) mass is 255 g/mol. The van der Waals surface area contributed by atoms with Crippen LogP contribution in [-0.2, 0) is 14.6 Å². The molecule has 1 aromatic carbocycles. The van der Waals surface area contributed by atoms with Gasteiger partial charge in [0.15, 0.2) is 9.84 Å². The summed E-state index contributed by atoms with van der Waals surface area (Å²) in [6.07, 6.45) is 3.50. The summed E-state index contributed by atoms with van der Waals surface area (Å²) in [6.45, 7) is 0. The van der Waals surface area contributed by atoms with Gasteiger partial charge in [-0.25, -0.2) is 8.42 Å². The molecular formula is C12H17NO3S. The maximum absolute atomic E-state index is 11.4. The lowest BCUT2D eigenvalue weighted by atomic mass is 9.89. The van der Waals surface area contributed by atoms with Crippen LogP contribution in [0.1, 0.15) is 12.8 Å². The van der Waals surface area contributed by atoms with Crippen molar-refractivity contribution in [2.24, 2.45) is 0 Å². The highest BCUT2D eigenvalue weighted by molar-refractivity contribution is 7.90. The molecule has 2 rings (SSSR count). The lowest BCUT2D eigenvalue weighted by Gasteiger charge is -2.35. The molecule has 17 heavy (non-hydrogen) atoms. The molecule has 0 unspecified atom stereocenters. The van der Waals surface area contributed by atoms with E-state index >= 15 is 0 Å². The highest BCUT2D eigenvalue weighted by Gasteiger charge is 2.28. The molecule has 1 aromatic rings. The minimum absolute atomic E-state index is 0.339. The first-order valence-corrected chi connectivity index (χ1v) is 7.47. The Morgan fingerprint density at radius 3 is 2.65 bits per heavy atom. The molecule has 1 N–H and O–H groups in total. The second-order valence-electron chi connectivity index (χ2n) is 4.47. The Morgan fingerprint density at radius 1 is 1.35 bits per heavy atom. The van der Waals surface area contributed by atoms with Crippen LogP contribution in [0.4, 0.5) is 5.69 Å². The van der Waals surface area contributed by atoms with Crippen LogP contribution in [0.15, 0.2) is 29.2 Å². The number of methoxy groups -OCH3 is 1. The van der Waals surface area contributed by atoms with E-state index in [1.165, 1.54) is 6.26 Å². The van der Waals surface area contributed by atoms with E-state index in [4.69, 9.17) is 4.74 Å². The molecule has 0 radical (unpaired) electrons. The largest absolute Gasteiger partial charge is 0.382 e. The second-order valence-corrected chi connectivity index (χ2v) is 6.49. The SMILES string of the molecule is COC1CC(Nc2cccc(S(C)(=O)=O)c2)C1. The van der Waals surface area contributed by atoms with Crippen molar-refractivity contribution in [3.63, 3.8) is 0 Å². The molecule has 1 fully saturated rings. The number of rotatable bonds is 4. The van der Waals surface area contributed by atoms with Crippen molar-refractivity contribution in [2.45, 2.75) is 29.9 Å². The Morgan fingerprint density at radius 2 is 2.06 bits per heavy atom. The number of sulfone groups is 1. The molecule has 0 spiro atoms. The molecule has 0 amide bonds. The Kier molecular flexibility index (Phi) is 3.40. The maximum Gasteiger partial charge on any atom is 0.175 e. The molecule has 0 heterocycles. The summed E-state index contributed by atoms with van der Waals surface area (Å²) >= 11 is 0. The van der Waals surface area contributed by atoms with E-state index in [-0.39, 0.29) is 0 Å². The smallest absolute Gasteiger partial charge is 0.175 e. The van der Waals surface area contributed by atoms with E-state index in [9.17, 15) is 8.42 Å². The number of ether oxygens (including phenoxy) is 1. The number of benzene rings is 1. The zero-order valence-electron chi connectivity index (χ0n) is 10.0. The Hall–Kier alpha value is -1.07. The number of nitrogens with one attached hydrogen (secondary N) is 1. The summed E-state index contributed by atoms with van der Waals surface area (Å²) in [5.74, 6) is 0. The molecule has 0 aliphatic heterocycles. The summed E-state index contributed by atoms with van der Waals surface area (Å²) in [5.41, 5.74) is 0.854. The summed E-state index contributed by atoms with van der Waals surface area (Å²) < 4.78 is 28.0. The van der Waals surface area contributed by atoms with E-state index in [2.05, 4.69) is 5.32 Å². The van der Waals surface area contributed by atoms with Gasteiger partial charge in [-0.2, -0.15) is 0 Å². The van der Waals surface area contributed by atoms with Crippen LogP contribution in [0.3, 0.4) is 0 Å². The van der Waals surface area contributed by atoms with Gasteiger partial charge < -0.3 is 10.1 Å². The van der Waals surface area contributed by atoms with Crippen molar-refractivity contribution >= 4 is 15.5 Å². The molecule has 0 bridgehead atoms.